The number of ether oxygens (including phenoxy) is 2. The summed E-state index contributed by atoms with van der Waals surface area (Å²) in [5.74, 6) is 0.671. The molecule has 1 saturated heterocycles. The van der Waals surface area contributed by atoms with Crippen LogP contribution in [-0.4, -0.2) is 39.3 Å². The lowest BCUT2D eigenvalue weighted by Gasteiger charge is -2.28. The lowest BCUT2D eigenvalue weighted by atomic mass is 10.1. The van der Waals surface area contributed by atoms with E-state index in [0.717, 1.165) is 37.4 Å². The van der Waals surface area contributed by atoms with Crippen LogP contribution in [0, 0.1) is 0 Å². The molecule has 0 radical (unpaired) electrons. The van der Waals surface area contributed by atoms with E-state index in [1.165, 1.54) is 5.69 Å². The first-order chi connectivity index (χ1) is 13.2. The Morgan fingerprint density at radius 3 is 2.52 bits per heavy atom. The standard InChI is InChI=1S/C21H25ClN2O3/c1-26-20-8-4-16(14-19(20)22)5-9-21(25)23-15-17-2-6-18(7-3-17)24-10-12-27-13-11-24/h2-4,6-8,14H,5,9-13,15H2,1H3,(H,23,25). The zero-order valence-corrected chi connectivity index (χ0v) is 16.3. The molecule has 27 heavy (non-hydrogen) atoms. The minimum absolute atomic E-state index is 0.0270. The molecule has 0 aromatic heterocycles. The monoisotopic (exact) mass is 388 g/mol. The predicted molar refractivity (Wildman–Crippen MR) is 108 cm³/mol. The van der Waals surface area contributed by atoms with E-state index in [1.807, 2.05) is 18.2 Å². The fraction of sp³-hybridized carbons (Fsp3) is 0.381. The molecule has 3 rings (SSSR count). The van der Waals surface area contributed by atoms with Crippen LogP contribution in [0.15, 0.2) is 42.5 Å². The smallest absolute Gasteiger partial charge is 0.220 e. The van der Waals surface area contributed by atoms with E-state index in [2.05, 4.69) is 34.5 Å². The van der Waals surface area contributed by atoms with Crippen LogP contribution in [-0.2, 0) is 22.5 Å². The topological polar surface area (TPSA) is 50.8 Å². The van der Waals surface area contributed by atoms with Gasteiger partial charge in [0.25, 0.3) is 0 Å². The van der Waals surface area contributed by atoms with Gasteiger partial charge in [0, 0.05) is 31.7 Å². The summed E-state index contributed by atoms with van der Waals surface area (Å²) in [4.78, 5) is 14.4. The van der Waals surface area contributed by atoms with Crippen molar-refractivity contribution >= 4 is 23.2 Å². The van der Waals surface area contributed by atoms with Gasteiger partial charge in [-0.2, -0.15) is 0 Å². The predicted octanol–water partition coefficient (Wildman–Crippen LogP) is 3.43. The Hall–Kier alpha value is -2.24. The number of benzene rings is 2. The molecule has 0 unspecified atom stereocenters. The lowest BCUT2D eigenvalue weighted by Crippen LogP contribution is -2.36. The molecule has 1 amide bonds. The van der Waals surface area contributed by atoms with E-state index in [9.17, 15) is 4.79 Å². The van der Waals surface area contributed by atoms with Crippen LogP contribution in [0.1, 0.15) is 17.5 Å². The second-order valence-electron chi connectivity index (χ2n) is 6.51. The third-order valence-corrected chi connectivity index (χ3v) is 4.95. The highest BCUT2D eigenvalue weighted by molar-refractivity contribution is 6.32. The van der Waals surface area contributed by atoms with Crippen molar-refractivity contribution in [2.24, 2.45) is 0 Å². The molecule has 1 N–H and O–H groups in total. The number of nitrogens with zero attached hydrogens (tertiary/aromatic N) is 1. The maximum absolute atomic E-state index is 12.1. The summed E-state index contributed by atoms with van der Waals surface area (Å²) < 4.78 is 10.5. The number of morpholine rings is 1. The van der Waals surface area contributed by atoms with Crippen molar-refractivity contribution in [2.75, 3.05) is 38.3 Å². The lowest BCUT2D eigenvalue weighted by molar-refractivity contribution is -0.121. The van der Waals surface area contributed by atoms with Crippen molar-refractivity contribution in [1.82, 2.24) is 5.32 Å². The Morgan fingerprint density at radius 2 is 1.85 bits per heavy atom. The highest BCUT2D eigenvalue weighted by Gasteiger charge is 2.11. The van der Waals surface area contributed by atoms with Crippen molar-refractivity contribution in [2.45, 2.75) is 19.4 Å². The number of amides is 1. The van der Waals surface area contributed by atoms with Gasteiger partial charge in [-0.3, -0.25) is 4.79 Å². The summed E-state index contributed by atoms with van der Waals surface area (Å²) in [5, 5.41) is 3.54. The number of carbonyl (C=O) groups is 1. The minimum atomic E-state index is 0.0270. The molecule has 1 fully saturated rings. The Kier molecular flexibility index (Phi) is 6.96. The number of methoxy groups -OCH3 is 1. The molecule has 1 aliphatic rings. The molecule has 0 aliphatic carbocycles. The first-order valence-corrected chi connectivity index (χ1v) is 9.54. The van der Waals surface area contributed by atoms with E-state index < -0.39 is 0 Å². The van der Waals surface area contributed by atoms with E-state index in [1.54, 1.807) is 7.11 Å². The number of nitrogens with one attached hydrogen (secondary N) is 1. The molecule has 0 atom stereocenters. The molecule has 2 aromatic rings. The molecule has 0 spiro atoms. The van der Waals surface area contributed by atoms with Crippen LogP contribution in [0.4, 0.5) is 5.69 Å². The molecule has 1 aliphatic heterocycles. The normalized spacial score (nSPS) is 14.1. The van der Waals surface area contributed by atoms with E-state index >= 15 is 0 Å². The highest BCUT2D eigenvalue weighted by Crippen LogP contribution is 2.25. The Labute approximate surface area is 165 Å². The number of hydrogen-bond acceptors (Lipinski definition) is 4. The summed E-state index contributed by atoms with van der Waals surface area (Å²) in [7, 11) is 1.59. The van der Waals surface area contributed by atoms with Crippen LogP contribution in [0.5, 0.6) is 5.75 Å². The van der Waals surface area contributed by atoms with Crippen LogP contribution in [0.25, 0.3) is 0 Å². The fourth-order valence-electron chi connectivity index (χ4n) is 3.06. The molecule has 6 heteroatoms. The Morgan fingerprint density at radius 1 is 1.15 bits per heavy atom. The van der Waals surface area contributed by atoms with Crippen molar-refractivity contribution in [1.29, 1.82) is 0 Å². The molecule has 0 bridgehead atoms. The van der Waals surface area contributed by atoms with Gasteiger partial charge in [-0.15, -0.1) is 0 Å². The zero-order valence-electron chi connectivity index (χ0n) is 15.5. The quantitative estimate of drug-likeness (QED) is 0.789. The van der Waals surface area contributed by atoms with Crippen LogP contribution >= 0.6 is 11.6 Å². The second kappa shape index (κ2) is 9.62. The van der Waals surface area contributed by atoms with Gasteiger partial charge in [0.15, 0.2) is 0 Å². The summed E-state index contributed by atoms with van der Waals surface area (Å²) in [6.45, 7) is 3.93. The second-order valence-corrected chi connectivity index (χ2v) is 6.92. The number of rotatable bonds is 7. The molecule has 2 aromatic carbocycles. The van der Waals surface area contributed by atoms with E-state index in [4.69, 9.17) is 21.1 Å². The van der Waals surface area contributed by atoms with Gasteiger partial charge in [-0.05, 0) is 41.8 Å². The van der Waals surface area contributed by atoms with Crippen molar-refractivity contribution in [3.8, 4) is 5.75 Å². The zero-order chi connectivity index (χ0) is 19.1. The highest BCUT2D eigenvalue weighted by atomic mass is 35.5. The fourth-order valence-corrected chi connectivity index (χ4v) is 3.34. The third-order valence-electron chi connectivity index (χ3n) is 4.66. The van der Waals surface area contributed by atoms with E-state index in [0.29, 0.717) is 30.2 Å². The van der Waals surface area contributed by atoms with Crippen molar-refractivity contribution in [3.05, 3.63) is 58.6 Å². The molecule has 144 valence electrons. The van der Waals surface area contributed by atoms with Gasteiger partial charge in [0.2, 0.25) is 5.91 Å². The molecule has 5 nitrogen and oxygen atoms in total. The van der Waals surface area contributed by atoms with Crippen molar-refractivity contribution in [3.63, 3.8) is 0 Å². The Bertz CT molecular complexity index is 759. The largest absolute Gasteiger partial charge is 0.495 e. The number of hydrogen-bond donors (Lipinski definition) is 1. The molecular weight excluding hydrogens is 364 g/mol. The van der Waals surface area contributed by atoms with Gasteiger partial charge in [-0.1, -0.05) is 29.8 Å². The van der Waals surface area contributed by atoms with Crippen molar-refractivity contribution < 1.29 is 14.3 Å². The van der Waals surface area contributed by atoms with E-state index in [-0.39, 0.29) is 5.91 Å². The molecule has 0 saturated carbocycles. The average Bonchev–Trinajstić information content (AvgIpc) is 2.72. The summed E-state index contributed by atoms with van der Waals surface area (Å²) >= 11 is 6.12. The number of anilines is 1. The maximum atomic E-state index is 12.1. The Balaban J connectivity index is 1.44. The van der Waals surface area contributed by atoms with Crippen LogP contribution in [0.3, 0.4) is 0 Å². The third kappa shape index (κ3) is 5.62. The summed E-state index contributed by atoms with van der Waals surface area (Å²) in [6, 6.07) is 13.9. The SMILES string of the molecule is COc1ccc(CCC(=O)NCc2ccc(N3CCOCC3)cc2)cc1Cl. The maximum Gasteiger partial charge on any atom is 0.220 e. The molecule has 1 heterocycles. The van der Waals surface area contributed by atoms with Gasteiger partial charge >= 0.3 is 0 Å². The van der Waals surface area contributed by atoms with Gasteiger partial charge in [-0.25, -0.2) is 0 Å². The molecular formula is C21H25ClN2O3. The summed E-state index contributed by atoms with van der Waals surface area (Å²) in [6.07, 6.45) is 1.07. The number of halogens is 1. The number of aryl methyl sites for hydroxylation is 1. The summed E-state index contributed by atoms with van der Waals surface area (Å²) in [5.41, 5.74) is 3.31. The van der Waals surface area contributed by atoms with Crippen LogP contribution in [0.2, 0.25) is 5.02 Å². The van der Waals surface area contributed by atoms with Gasteiger partial charge in [0.1, 0.15) is 5.75 Å². The number of carbonyl (C=O) groups excluding carboxylic acids is 1. The average molecular weight is 389 g/mol. The minimum Gasteiger partial charge on any atom is -0.495 e. The first kappa shape index (κ1) is 19.5. The van der Waals surface area contributed by atoms with Gasteiger partial charge < -0.3 is 19.7 Å². The van der Waals surface area contributed by atoms with Crippen LogP contribution < -0.4 is 15.0 Å². The first-order valence-electron chi connectivity index (χ1n) is 9.16. The van der Waals surface area contributed by atoms with Gasteiger partial charge in [0.05, 0.1) is 25.3 Å².